The van der Waals surface area contributed by atoms with Crippen LogP contribution in [0.1, 0.15) is 21.7 Å². The second-order valence-electron chi connectivity index (χ2n) is 4.15. The van der Waals surface area contributed by atoms with Crippen LogP contribution in [0.4, 0.5) is 0 Å². The maximum atomic E-state index is 11.2. The number of hydrogen-bond donors (Lipinski definition) is 1. The number of benzene rings is 1. The van der Waals surface area contributed by atoms with Crippen molar-refractivity contribution in [3.05, 3.63) is 41.3 Å². The van der Waals surface area contributed by atoms with Crippen molar-refractivity contribution in [3.63, 3.8) is 0 Å². The van der Waals surface area contributed by atoms with Gasteiger partial charge in [0, 0.05) is 0 Å². The zero-order valence-corrected chi connectivity index (χ0v) is 11.4. The summed E-state index contributed by atoms with van der Waals surface area (Å²) in [5, 5.41) is 9.19. The SMILES string of the molecule is COc1ccc(Oc2cnc(C)c(C)n2)c(C(=O)O)c1. The van der Waals surface area contributed by atoms with Crippen LogP contribution in [0.3, 0.4) is 0 Å². The topological polar surface area (TPSA) is 81.5 Å². The number of carbonyl (C=O) groups is 1. The lowest BCUT2D eigenvalue weighted by molar-refractivity contribution is 0.0693. The first-order valence-electron chi connectivity index (χ1n) is 5.90. The minimum Gasteiger partial charge on any atom is -0.497 e. The van der Waals surface area contributed by atoms with E-state index in [-0.39, 0.29) is 17.2 Å². The molecule has 0 radical (unpaired) electrons. The van der Waals surface area contributed by atoms with Gasteiger partial charge in [-0.1, -0.05) is 0 Å². The van der Waals surface area contributed by atoms with Gasteiger partial charge < -0.3 is 14.6 Å². The van der Waals surface area contributed by atoms with Crippen LogP contribution >= 0.6 is 0 Å². The summed E-state index contributed by atoms with van der Waals surface area (Å²) in [4.78, 5) is 19.6. The fraction of sp³-hybridized carbons (Fsp3) is 0.214. The molecule has 2 rings (SSSR count). The summed E-state index contributed by atoms with van der Waals surface area (Å²) in [6, 6.07) is 4.54. The Hall–Kier alpha value is -2.63. The van der Waals surface area contributed by atoms with E-state index >= 15 is 0 Å². The van der Waals surface area contributed by atoms with E-state index in [2.05, 4.69) is 9.97 Å². The fourth-order valence-corrected chi connectivity index (χ4v) is 1.57. The van der Waals surface area contributed by atoms with Crippen LogP contribution in [0.15, 0.2) is 24.4 Å². The molecule has 0 fully saturated rings. The Morgan fingerprint density at radius 1 is 1.25 bits per heavy atom. The minimum absolute atomic E-state index is 0.00405. The van der Waals surface area contributed by atoms with E-state index < -0.39 is 5.97 Å². The number of aromatic carboxylic acids is 1. The molecule has 0 saturated heterocycles. The maximum absolute atomic E-state index is 11.2. The van der Waals surface area contributed by atoms with Crippen molar-refractivity contribution < 1.29 is 19.4 Å². The third-order valence-electron chi connectivity index (χ3n) is 2.80. The molecule has 0 amide bonds. The molecule has 0 aliphatic heterocycles. The summed E-state index contributed by atoms with van der Waals surface area (Å²) in [6.07, 6.45) is 1.46. The lowest BCUT2D eigenvalue weighted by Gasteiger charge is -2.10. The third-order valence-corrected chi connectivity index (χ3v) is 2.80. The molecular formula is C14H14N2O4. The summed E-state index contributed by atoms with van der Waals surface area (Å²) >= 11 is 0. The predicted molar refractivity (Wildman–Crippen MR) is 71.5 cm³/mol. The van der Waals surface area contributed by atoms with Crippen LogP contribution in [0, 0.1) is 13.8 Å². The Morgan fingerprint density at radius 2 is 2.00 bits per heavy atom. The Labute approximate surface area is 116 Å². The zero-order valence-electron chi connectivity index (χ0n) is 11.4. The van der Waals surface area contributed by atoms with Gasteiger partial charge in [0.2, 0.25) is 5.88 Å². The highest BCUT2D eigenvalue weighted by Gasteiger charge is 2.14. The molecule has 6 nitrogen and oxygen atoms in total. The summed E-state index contributed by atoms with van der Waals surface area (Å²) < 4.78 is 10.5. The van der Waals surface area contributed by atoms with Crippen LogP contribution in [0.25, 0.3) is 0 Å². The van der Waals surface area contributed by atoms with Gasteiger partial charge in [-0.25, -0.2) is 9.78 Å². The number of aryl methyl sites for hydroxylation is 2. The zero-order chi connectivity index (χ0) is 14.7. The largest absolute Gasteiger partial charge is 0.497 e. The van der Waals surface area contributed by atoms with Crippen molar-refractivity contribution >= 4 is 5.97 Å². The first kappa shape index (κ1) is 13.8. The molecule has 1 aromatic carbocycles. The van der Waals surface area contributed by atoms with E-state index in [0.717, 1.165) is 11.4 Å². The van der Waals surface area contributed by atoms with Crippen molar-refractivity contribution in [2.24, 2.45) is 0 Å². The van der Waals surface area contributed by atoms with Crippen LogP contribution < -0.4 is 9.47 Å². The van der Waals surface area contributed by atoms with E-state index in [1.807, 2.05) is 6.92 Å². The lowest BCUT2D eigenvalue weighted by Crippen LogP contribution is -2.02. The molecule has 20 heavy (non-hydrogen) atoms. The molecule has 1 heterocycles. The minimum atomic E-state index is -1.10. The van der Waals surface area contributed by atoms with Gasteiger partial charge in [-0.3, -0.25) is 4.98 Å². The van der Waals surface area contributed by atoms with Crippen LogP contribution in [0.5, 0.6) is 17.4 Å². The molecular weight excluding hydrogens is 260 g/mol. The molecule has 0 spiro atoms. The van der Waals surface area contributed by atoms with E-state index in [9.17, 15) is 9.90 Å². The van der Waals surface area contributed by atoms with Crippen LogP contribution in [-0.4, -0.2) is 28.2 Å². The number of nitrogens with zero attached hydrogens (tertiary/aromatic N) is 2. The predicted octanol–water partition coefficient (Wildman–Crippen LogP) is 2.59. The monoisotopic (exact) mass is 274 g/mol. The number of carboxylic acids is 1. The molecule has 0 unspecified atom stereocenters. The van der Waals surface area contributed by atoms with Gasteiger partial charge in [-0.05, 0) is 32.0 Å². The number of ether oxygens (including phenoxy) is 2. The van der Waals surface area contributed by atoms with Gasteiger partial charge in [-0.2, -0.15) is 0 Å². The Bertz CT molecular complexity index is 656. The van der Waals surface area contributed by atoms with Crippen molar-refractivity contribution in [1.29, 1.82) is 0 Å². The highest BCUT2D eigenvalue weighted by atomic mass is 16.5. The number of carboxylic acid groups (broad SMARTS) is 1. The number of rotatable bonds is 4. The summed E-state index contributed by atoms with van der Waals surface area (Å²) in [7, 11) is 1.47. The molecule has 0 saturated carbocycles. The Balaban J connectivity index is 2.37. The van der Waals surface area contributed by atoms with E-state index in [1.165, 1.54) is 25.4 Å². The van der Waals surface area contributed by atoms with Gasteiger partial charge in [0.05, 0.1) is 24.7 Å². The molecule has 104 valence electrons. The van der Waals surface area contributed by atoms with Gasteiger partial charge in [-0.15, -0.1) is 0 Å². The number of aromatic nitrogens is 2. The first-order valence-corrected chi connectivity index (χ1v) is 5.90. The average molecular weight is 274 g/mol. The molecule has 0 atom stereocenters. The van der Waals surface area contributed by atoms with Gasteiger partial charge in [0.1, 0.15) is 17.1 Å². The van der Waals surface area contributed by atoms with Gasteiger partial charge in [0.15, 0.2) is 0 Å². The summed E-state index contributed by atoms with van der Waals surface area (Å²) in [5.41, 5.74) is 1.53. The summed E-state index contributed by atoms with van der Waals surface area (Å²) in [6.45, 7) is 3.64. The molecule has 1 N–H and O–H groups in total. The average Bonchev–Trinajstić information content (AvgIpc) is 2.43. The summed E-state index contributed by atoms with van der Waals surface area (Å²) in [5.74, 6) is -0.215. The fourth-order valence-electron chi connectivity index (χ4n) is 1.57. The van der Waals surface area contributed by atoms with Crippen molar-refractivity contribution in [3.8, 4) is 17.4 Å². The maximum Gasteiger partial charge on any atom is 0.339 e. The Kier molecular flexibility index (Phi) is 3.84. The molecule has 6 heteroatoms. The number of methoxy groups -OCH3 is 1. The van der Waals surface area contributed by atoms with Crippen molar-refractivity contribution in [2.75, 3.05) is 7.11 Å². The second-order valence-corrected chi connectivity index (χ2v) is 4.15. The molecule has 1 aromatic heterocycles. The quantitative estimate of drug-likeness (QED) is 0.922. The molecule has 0 aliphatic rings. The van der Waals surface area contributed by atoms with Crippen molar-refractivity contribution in [1.82, 2.24) is 9.97 Å². The van der Waals surface area contributed by atoms with Crippen molar-refractivity contribution in [2.45, 2.75) is 13.8 Å². The third kappa shape index (κ3) is 2.85. The highest BCUT2D eigenvalue weighted by molar-refractivity contribution is 5.91. The second kappa shape index (κ2) is 5.56. The van der Waals surface area contributed by atoms with E-state index in [0.29, 0.717) is 5.75 Å². The van der Waals surface area contributed by atoms with Crippen LogP contribution in [-0.2, 0) is 0 Å². The standard InChI is InChI=1S/C14H14N2O4/c1-8-9(2)16-13(7-15-8)20-12-5-4-10(19-3)6-11(12)14(17)18/h4-7H,1-3H3,(H,17,18). The Morgan fingerprint density at radius 3 is 2.60 bits per heavy atom. The first-order chi connectivity index (χ1) is 9.51. The van der Waals surface area contributed by atoms with E-state index in [4.69, 9.17) is 9.47 Å². The lowest BCUT2D eigenvalue weighted by atomic mass is 10.2. The van der Waals surface area contributed by atoms with Gasteiger partial charge >= 0.3 is 5.97 Å². The molecule has 0 bridgehead atoms. The smallest absolute Gasteiger partial charge is 0.339 e. The molecule has 0 aliphatic carbocycles. The van der Waals surface area contributed by atoms with Crippen LogP contribution in [0.2, 0.25) is 0 Å². The number of hydrogen-bond acceptors (Lipinski definition) is 5. The van der Waals surface area contributed by atoms with E-state index in [1.54, 1.807) is 13.0 Å². The highest BCUT2D eigenvalue weighted by Crippen LogP contribution is 2.28. The molecule has 2 aromatic rings. The normalized spacial score (nSPS) is 10.2. The van der Waals surface area contributed by atoms with Gasteiger partial charge in [0.25, 0.3) is 0 Å².